The molecule has 0 atom stereocenters. The second-order valence-corrected chi connectivity index (χ2v) is 4.25. The van der Waals surface area contributed by atoms with Gasteiger partial charge in [-0.15, -0.1) is 0 Å². The van der Waals surface area contributed by atoms with Crippen LogP contribution in [0.5, 0.6) is 0 Å². The molecule has 0 aliphatic carbocycles. The van der Waals surface area contributed by atoms with E-state index in [4.69, 9.17) is 4.74 Å². The molecule has 0 fully saturated rings. The van der Waals surface area contributed by atoms with Crippen LogP contribution < -0.4 is 0 Å². The van der Waals surface area contributed by atoms with Gasteiger partial charge in [0.1, 0.15) is 0 Å². The second-order valence-electron chi connectivity index (χ2n) is 4.25. The van der Waals surface area contributed by atoms with E-state index in [0.29, 0.717) is 18.9 Å². The molecule has 0 aromatic heterocycles. The Hall–Kier alpha value is -1.64. The highest BCUT2D eigenvalue weighted by Gasteiger charge is 2.06. The first-order valence-corrected chi connectivity index (χ1v) is 5.93. The van der Waals surface area contributed by atoms with Gasteiger partial charge in [0.2, 0.25) is 0 Å². The lowest BCUT2D eigenvalue weighted by molar-refractivity contribution is 0.143. The minimum absolute atomic E-state index is 0.330. The van der Waals surface area contributed by atoms with E-state index in [2.05, 4.69) is 4.99 Å². The van der Waals surface area contributed by atoms with Gasteiger partial charge in [-0.05, 0) is 17.9 Å². The Morgan fingerprint density at radius 3 is 2.47 bits per heavy atom. The number of benzene rings is 1. The Bertz CT molecular complexity index is 382. The highest BCUT2D eigenvalue weighted by Crippen LogP contribution is 2.05. The number of aliphatic imine (C=N–C) groups is 1. The molecule has 1 aromatic carbocycles. The molecule has 3 heteroatoms. The van der Waals surface area contributed by atoms with E-state index < -0.39 is 6.09 Å². The van der Waals surface area contributed by atoms with Crippen molar-refractivity contribution in [3.63, 3.8) is 0 Å². The van der Waals surface area contributed by atoms with E-state index in [-0.39, 0.29) is 0 Å². The standard InChI is InChI=1S/C14H19NO2/c1-4-13(12-8-6-5-7-9-12)15-14(16)17-10-11(2)3/h5-9,11H,4,10H2,1-3H3. The average molecular weight is 233 g/mol. The van der Waals surface area contributed by atoms with E-state index in [1.807, 2.05) is 51.1 Å². The quantitative estimate of drug-likeness (QED) is 0.744. The van der Waals surface area contributed by atoms with Crippen LogP contribution in [0, 0.1) is 5.92 Å². The third-order valence-corrected chi connectivity index (χ3v) is 2.21. The van der Waals surface area contributed by atoms with Crippen LogP contribution in [0.4, 0.5) is 4.79 Å². The number of carbonyl (C=O) groups is 1. The molecule has 1 amide bonds. The molecule has 0 N–H and O–H groups in total. The average Bonchev–Trinajstić information content (AvgIpc) is 2.34. The normalized spacial score (nSPS) is 11.6. The van der Waals surface area contributed by atoms with Crippen LogP contribution in [0.25, 0.3) is 0 Å². The highest BCUT2D eigenvalue weighted by atomic mass is 16.5. The summed E-state index contributed by atoms with van der Waals surface area (Å²) in [6.45, 7) is 6.37. The summed E-state index contributed by atoms with van der Waals surface area (Å²) in [5.41, 5.74) is 1.73. The van der Waals surface area contributed by atoms with Gasteiger partial charge < -0.3 is 4.74 Å². The molecule has 0 saturated heterocycles. The van der Waals surface area contributed by atoms with Crippen molar-refractivity contribution in [2.24, 2.45) is 10.9 Å². The maximum atomic E-state index is 11.5. The molecule has 0 radical (unpaired) electrons. The zero-order valence-electron chi connectivity index (χ0n) is 10.6. The van der Waals surface area contributed by atoms with Gasteiger partial charge in [0.05, 0.1) is 12.3 Å². The SMILES string of the molecule is CCC(=NC(=O)OCC(C)C)c1ccccc1. The fraction of sp³-hybridized carbons (Fsp3) is 0.429. The first kappa shape index (κ1) is 13.4. The van der Waals surface area contributed by atoms with Crippen molar-refractivity contribution in [2.75, 3.05) is 6.61 Å². The molecule has 0 aliphatic heterocycles. The van der Waals surface area contributed by atoms with Gasteiger partial charge in [0.15, 0.2) is 0 Å². The predicted molar refractivity (Wildman–Crippen MR) is 69.5 cm³/mol. The molecular formula is C14H19NO2. The number of ether oxygens (including phenoxy) is 1. The zero-order chi connectivity index (χ0) is 12.7. The number of hydrogen-bond acceptors (Lipinski definition) is 2. The van der Waals surface area contributed by atoms with Gasteiger partial charge in [-0.2, -0.15) is 4.99 Å². The van der Waals surface area contributed by atoms with Crippen LogP contribution in [-0.4, -0.2) is 18.4 Å². The maximum Gasteiger partial charge on any atom is 0.433 e. The van der Waals surface area contributed by atoms with Crippen molar-refractivity contribution in [1.82, 2.24) is 0 Å². The molecule has 92 valence electrons. The third kappa shape index (κ3) is 4.81. The van der Waals surface area contributed by atoms with Crippen molar-refractivity contribution >= 4 is 11.8 Å². The molecule has 1 rings (SSSR count). The fourth-order valence-electron chi connectivity index (χ4n) is 1.36. The van der Waals surface area contributed by atoms with Crippen LogP contribution in [0.3, 0.4) is 0 Å². The van der Waals surface area contributed by atoms with E-state index in [0.717, 1.165) is 11.3 Å². The first-order chi connectivity index (χ1) is 8.13. The first-order valence-electron chi connectivity index (χ1n) is 5.93. The molecule has 0 bridgehead atoms. The minimum Gasteiger partial charge on any atom is -0.448 e. The lowest BCUT2D eigenvalue weighted by Crippen LogP contribution is -2.09. The number of rotatable bonds is 4. The highest BCUT2D eigenvalue weighted by molar-refractivity contribution is 6.05. The van der Waals surface area contributed by atoms with Crippen molar-refractivity contribution in [1.29, 1.82) is 0 Å². The van der Waals surface area contributed by atoms with Crippen molar-refractivity contribution < 1.29 is 9.53 Å². The van der Waals surface area contributed by atoms with Gasteiger partial charge in [-0.1, -0.05) is 51.1 Å². The Balaban J connectivity index is 2.70. The summed E-state index contributed by atoms with van der Waals surface area (Å²) in [4.78, 5) is 15.5. The summed E-state index contributed by atoms with van der Waals surface area (Å²) in [6, 6.07) is 9.68. The monoisotopic (exact) mass is 233 g/mol. The summed E-state index contributed by atoms with van der Waals surface area (Å²) in [6.07, 6.45) is 0.209. The van der Waals surface area contributed by atoms with Crippen molar-refractivity contribution in [3.05, 3.63) is 35.9 Å². The molecule has 0 heterocycles. The molecule has 0 aliphatic rings. The summed E-state index contributed by atoms with van der Waals surface area (Å²) < 4.78 is 5.03. The third-order valence-electron chi connectivity index (χ3n) is 2.21. The van der Waals surface area contributed by atoms with Crippen LogP contribution in [0.1, 0.15) is 32.8 Å². The van der Waals surface area contributed by atoms with E-state index in [9.17, 15) is 4.79 Å². The molecular weight excluding hydrogens is 214 g/mol. The summed E-state index contributed by atoms with van der Waals surface area (Å²) >= 11 is 0. The van der Waals surface area contributed by atoms with Crippen molar-refractivity contribution in [3.8, 4) is 0 Å². The van der Waals surface area contributed by atoms with E-state index >= 15 is 0 Å². The second kappa shape index (κ2) is 6.84. The van der Waals surface area contributed by atoms with Gasteiger partial charge in [-0.3, -0.25) is 0 Å². The smallest absolute Gasteiger partial charge is 0.433 e. The van der Waals surface area contributed by atoms with E-state index in [1.54, 1.807) is 0 Å². The fourth-order valence-corrected chi connectivity index (χ4v) is 1.36. The summed E-state index contributed by atoms with van der Waals surface area (Å²) in [5.74, 6) is 0.330. The topological polar surface area (TPSA) is 38.7 Å². The molecule has 3 nitrogen and oxygen atoms in total. The molecule has 0 spiro atoms. The van der Waals surface area contributed by atoms with E-state index in [1.165, 1.54) is 0 Å². The maximum absolute atomic E-state index is 11.5. The van der Waals surface area contributed by atoms with Crippen LogP contribution >= 0.6 is 0 Å². The largest absolute Gasteiger partial charge is 0.448 e. The molecule has 17 heavy (non-hydrogen) atoms. The lowest BCUT2D eigenvalue weighted by Gasteiger charge is -2.06. The van der Waals surface area contributed by atoms with Gasteiger partial charge in [0, 0.05) is 0 Å². The predicted octanol–water partition coefficient (Wildman–Crippen LogP) is 3.68. The number of nitrogens with zero attached hydrogens (tertiary/aromatic N) is 1. The van der Waals surface area contributed by atoms with Gasteiger partial charge in [-0.25, -0.2) is 4.79 Å². The van der Waals surface area contributed by atoms with Crippen molar-refractivity contribution in [2.45, 2.75) is 27.2 Å². The number of hydrogen-bond donors (Lipinski definition) is 0. The Labute approximate surface area is 103 Å². The molecule has 0 unspecified atom stereocenters. The summed E-state index contributed by atoms with van der Waals surface area (Å²) in [7, 11) is 0. The van der Waals surface area contributed by atoms with Crippen LogP contribution in [0.2, 0.25) is 0 Å². The minimum atomic E-state index is -0.501. The van der Waals surface area contributed by atoms with Crippen LogP contribution in [-0.2, 0) is 4.74 Å². The molecule has 0 saturated carbocycles. The van der Waals surface area contributed by atoms with Gasteiger partial charge in [0.25, 0.3) is 0 Å². The Kier molecular flexibility index (Phi) is 5.40. The Morgan fingerprint density at radius 2 is 1.94 bits per heavy atom. The molecule has 1 aromatic rings. The zero-order valence-corrected chi connectivity index (χ0v) is 10.6. The summed E-state index contributed by atoms with van der Waals surface area (Å²) in [5, 5.41) is 0. The number of carbonyl (C=O) groups excluding carboxylic acids is 1. The van der Waals surface area contributed by atoms with Gasteiger partial charge >= 0.3 is 6.09 Å². The van der Waals surface area contributed by atoms with Crippen LogP contribution in [0.15, 0.2) is 35.3 Å². The lowest BCUT2D eigenvalue weighted by atomic mass is 10.1. The Morgan fingerprint density at radius 1 is 1.29 bits per heavy atom. The number of amides is 1.